The summed E-state index contributed by atoms with van der Waals surface area (Å²) in [7, 11) is 0. The zero-order valence-electron chi connectivity index (χ0n) is 18.7. The molecule has 1 aliphatic rings. The maximum atomic E-state index is 6.80. The quantitative estimate of drug-likeness (QED) is 0.297. The number of hydrogen-bond acceptors (Lipinski definition) is 5. The smallest absolute Gasteiger partial charge is 0.150 e. The number of halogens is 1. The van der Waals surface area contributed by atoms with Crippen LogP contribution in [0.4, 0.5) is 17.3 Å². The maximum absolute atomic E-state index is 6.80. The van der Waals surface area contributed by atoms with E-state index in [2.05, 4.69) is 14.7 Å². The summed E-state index contributed by atoms with van der Waals surface area (Å²) in [5, 5.41) is 4.95. The SMILES string of the molecule is Nc1nccn2c(C3CCCCC3)nc(-c3cc4nc(Nc5ccccc5)ccc4cc3Cl)c12. The Balaban J connectivity index is 1.49. The van der Waals surface area contributed by atoms with E-state index in [0.717, 1.165) is 57.8 Å². The number of para-hydroxylation sites is 1. The summed E-state index contributed by atoms with van der Waals surface area (Å²) in [6, 6.07) is 17.9. The van der Waals surface area contributed by atoms with Gasteiger partial charge >= 0.3 is 0 Å². The molecule has 34 heavy (non-hydrogen) atoms. The number of benzene rings is 2. The van der Waals surface area contributed by atoms with Crippen molar-refractivity contribution in [3.8, 4) is 11.3 Å². The topological polar surface area (TPSA) is 81.1 Å². The number of nitrogen functional groups attached to an aromatic ring is 1. The Kier molecular flexibility index (Phi) is 5.30. The zero-order valence-corrected chi connectivity index (χ0v) is 19.5. The van der Waals surface area contributed by atoms with E-state index in [1.807, 2.05) is 60.8 Å². The molecule has 1 aliphatic carbocycles. The molecule has 0 bridgehead atoms. The summed E-state index contributed by atoms with van der Waals surface area (Å²) < 4.78 is 2.11. The molecule has 0 spiro atoms. The Hall–Kier alpha value is -3.64. The fraction of sp³-hybridized carbons (Fsp3) is 0.222. The fourth-order valence-corrected chi connectivity index (χ4v) is 5.25. The average Bonchev–Trinajstić information content (AvgIpc) is 3.26. The highest BCUT2D eigenvalue weighted by molar-refractivity contribution is 6.34. The molecule has 0 saturated heterocycles. The van der Waals surface area contributed by atoms with Gasteiger partial charge in [0.25, 0.3) is 0 Å². The highest BCUT2D eigenvalue weighted by Gasteiger charge is 2.25. The van der Waals surface area contributed by atoms with Gasteiger partial charge < -0.3 is 11.1 Å². The number of aromatic nitrogens is 4. The lowest BCUT2D eigenvalue weighted by atomic mass is 9.89. The van der Waals surface area contributed by atoms with Gasteiger partial charge in [-0.1, -0.05) is 49.1 Å². The average molecular weight is 469 g/mol. The number of pyridine rings is 1. The van der Waals surface area contributed by atoms with Crippen LogP contribution in [0.3, 0.4) is 0 Å². The number of nitrogens with one attached hydrogen (secondary N) is 1. The van der Waals surface area contributed by atoms with Gasteiger partial charge in [-0.25, -0.2) is 15.0 Å². The number of anilines is 3. The van der Waals surface area contributed by atoms with Crippen molar-refractivity contribution in [2.24, 2.45) is 0 Å². The molecular formula is C27H25ClN6. The van der Waals surface area contributed by atoms with E-state index in [1.54, 1.807) is 6.20 Å². The summed E-state index contributed by atoms with van der Waals surface area (Å²) in [6.07, 6.45) is 9.73. The molecule has 7 heteroatoms. The molecule has 1 saturated carbocycles. The number of nitrogens with two attached hydrogens (primary N) is 1. The predicted molar refractivity (Wildman–Crippen MR) is 139 cm³/mol. The minimum atomic E-state index is 0.413. The van der Waals surface area contributed by atoms with Crippen molar-refractivity contribution in [2.75, 3.05) is 11.1 Å². The summed E-state index contributed by atoms with van der Waals surface area (Å²) >= 11 is 6.80. The maximum Gasteiger partial charge on any atom is 0.150 e. The minimum absolute atomic E-state index is 0.413. The molecule has 6 rings (SSSR count). The molecule has 0 aliphatic heterocycles. The Bertz CT molecular complexity index is 1490. The van der Waals surface area contributed by atoms with Gasteiger partial charge in [-0.05, 0) is 49.2 Å². The van der Waals surface area contributed by atoms with E-state index in [0.29, 0.717) is 16.8 Å². The summed E-state index contributed by atoms with van der Waals surface area (Å²) in [5.74, 6) is 2.68. The molecule has 170 valence electrons. The molecule has 3 aromatic heterocycles. The molecule has 0 unspecified atom stereocenters. The van der Waals surface area contributed by atoms with E-state index >= 15 is 0 Å². The number of nitrogens with zero attached hydrogens (tertiary/aromatic N) is 4. The van der Waals surface area contributed by atoms with Crippen LogP contribution in [0.2, 0.25) is 5.02 Å². The van der Waals surface area contributed by atoms with E-state index in [-0.39, 0.29) is 0 Å². The van der Waals surface area contributed by atoms with Gasteiger partial charge in [-0.3, -0.25) is 4.40 Å². The highest BCUT2D eigenvalue weighted by Crippen LogP contribution is 2.39. The summed E-state index contributed by atoms with van der Waals surface area (Å²) in [6.45, 7) is 0. The Morgan fingerprint density at radius 3 is 2.62 bits per heavy atom. The molecule has 6 nitrogen and oxygen atoms in total. The molecule has 2 aromatic carbocycles. The lowest BCUT2D eigenvalue weighted by Gasteiger charge is -2.20. The van der Waals surface area contributed by atoms with Crippen molar-refractivity contribution in [1.82, 2.24) is 19.4 Å². The molecule has 3 heterocycles. The van der Waals surface area contributed by atoms with Crippen molar-refractivity contribution in [3.05, 3.63) is 77.8 Å². The standard InChI is InChI=1S/C27H25ClN6/c28-21-15-18-11-12-23(31-19-9-5-2-6-10-19)32-22(18)16-20(21)24-25-26(29)30-13-14-34(25)27(33-24)17-7-3-1-4-8-17/h2,5-6,9-17H,1,3-4,7-8H2,(H2,29,30)(H,31,32). The van der Waals surface area contributed by atoms with Crippen molar-refractivity contribution in [2.45, 2.75) is 38.0 Å². The zero-order chi connectivity index (χ0) is 23.1. The lowest BCUT2D eigenvalue weighted by molar-refractivity contribution is 0.428. The molecule has 3 N–H and O–H groups in total. The number of fused-ring (bicyclic) bond motifs is 2. The van der Waals surface area contributed by atoms with Gasteiger partial charge in [0.2, 0.25) is 0 Å². The summed E-state index contributed by atoms with van der Waals surface area (Å²) in [5.41, 5.74) is 10.6. The Morgan fingerprint density at radius 2 is 1.79 bits per heavy atom. The van der Waals surface area contributed by atoms with E-state index < -0.39 is 0 Å². The van der Waals surface area contributed by atoms with Crippen molar-refractivity contribution >= 4 is 45.3 Å². The number of imidazole rings is 1. The molecular weight excluding hydrogens is 444 g/mol. The first kappa shape index (κ1) is 20.9. The third-order valence-corrected chi connectivity index (χ3v) is 6.97. The second-order valence-electron chi connectivity index (χ2n) is 8.90. The number of rotatable bonds is 4. The first-order chi connectivity index (χ1) is 16.7. The van der Waals surface area contributed by atoms with E-state index in [1.165, 1.54) is 19.3 Å². The van der Waals surface area contributed by atoms with Crippen LogP contribution in [0.25, 0.3) is 27.7 Å². The second kappa shape index (κ2) is 8.61. The van der Waals surface area contributed by atoms with Gasteiger partial charge in [0.1, 0.15) is 28.7 Å². The van der Waals surface area contributed by atoms with Crippen LogP contribution in [0, 0.1) is 0 Å². The lowest BCUT2D eigenvalue weighted by Crippen LogP contribution is -2.09. The largest absolute Gasteiger partial charge is 0.382 e. The first-order valence-corrected chi connectivity index (χ1v) is 12.1. The second-order valence-corrected chi connectivity index (χ2v) is 9.30. The minimum Gasteiger partial charge on any atom is -0.382 e. The van der Waals surface area contributed by atoms with Crippen LogP contribution in [0.1, 0.15) is 43.8 Å². The normalized spacial score (nSPS) is 14.6. The third-order valence-electron chi connectivity index (χ3n) is 6.66. The monoisotopic (exact) mass is 468 g/mol. The van der Waals surface area contributed by atoms with E-state index in [9.17, 15) is 0 Å². The van der Waals surface area contributed by atoms with Gasteiger partial charge in [-0.15, -0.1) is 0 Å². The van der Waals surface area contributed by atoms with Crippen LogP contribution in [0.15, 0.2) is 67.0 Å². The van der Waals surface area contributed by atoms with Gasteiger partial charge in [-0.2, -0.15) is 0 Å². The highest BCUT2D eigenvalue weighted by atomic mass is 35.5. The number of hydrogen-bond donors (Lipinski definition) is 2. The van der Waals surface area contributed by atoms with Crippen molar-refractivity contribution in [1.29, 1.82) is 0 Å². The fourth-order valence-electron chi connectivity index (χ4n) is 4.99. The predicted octanol–water partition coefficient (Wildman–Crippen LogP) is 6.97. The third kappa shape index (κ3) is 3.74. The molecule has 0 amide bonds. The van der Waals surface area contributed by atoms with Crippen LogP contribution in [-0.2, 0) is 0 Å². The van der Waals surface area contributed by atoms with Gasteiger partial charge in [0, 0.05) is 34.9 Å². The van der Waals surface area contributed by atoms with Crippen molar-refractivity contribution in [3.63, 3.8) is 0 Å². The molecule has 0 atom stereocenters. The van der Waals surface area contributed by atoms with Crippen molar-refractivity contribution < 1.29 is 0 Å². The van der Waals surface area contributed by atoms with Crippen LogP contribution in [0.5, 0.6) is 0 Å². The van der Waals surface area contributed by atoms with E-state index in [4.69, 9.17) is 27.3 Å². The Labute approximate surface area is 202 Å². The molecule has 5 aromatic rings. The Morgan fingerprint density at radius 1 is 0.971 bits per heavy atom. The van der Waals surface area contributed by atoms with Crippen LogP contribution < -0.4 is 11.1 Å². The molecule has 0 radical (unpaired) electrons. The van der Waals surface area contributed by atoms with Gasteiger partial charge in [0.15, 0.2) is 0 Å². The summed E-state index contributed by atoms with van der Waals surface area (Å²) in [4.78, 5) is 14.3. The van der Waals surface area contributed by atoms with Crippen LogP contribution >= 0.6 is 11.6 Å². The van der Waals surface area contributed by atoms with Gasteiger partial charge in [0.05, 0.1) is 10.5 Å². The van der Waals surface area contributed by atoms with Crippen LogP contribution in [-0.4, -0.2) is 19.4 Å². The molecule has 1 fully saturated rings. The first-order valence-electron chi connectivity index (χ1n) is 11.7.